The number of nitrogens with one attached hydrogen (secondary N) is 2. The van der Waals surface area contributed by atoms with E-state index < -0.39 is 5.97 Å². The van der Waals surface area contributed by atoms with Crippen molar-refractivity contribution in [3.05, 3.63) is 39.9 Å². The van der Waals surface area contributed by atoms with Gasteiger partial charge in [-0.15, -0.1) is 0 Å². The lowest BCUT2D eigenvalue weighted by Crippen LogP contribution is -2.25. The van der Waals surface area contributed by atoms with Gasteiger partial charge in [0.2, 0.25) is 0 Å². The Bertz CT molecular complexity index is 791. The van der Waals surface area contributed by atoms with E-state index in [1.54, 1.807) is 6.92 Å². The number of amides is 1. The van der Waals surface area contributed by atoms with Crippen LogP contribution in [0.3, 0.4) is 0 Å². The van der Waals surface area contributed by atoms with Gasteiger partial charge in [0.25, 0.3) is 11.5 Å². The Morgan fingerprint density at radius 3 is 2.62 bits per heavy atom. The maximum Gasteiger partial charge on any atom is 0.303 e. The third kappa shape index (κ3) is 5.54. The maximum absolute atomic E-state index is 12.3. The summed E-state index contributed by atoms with van der Waals surface area (Å²) >= 11 is 0. The average molecular weight is 361 g/mol. The highest BCUT2D eigenvalue weighted by molar-refractivity contribution is 5.95. The first-order chi connectivity index (χ1) is 12.5. The number of unbranched alkanes of at least 4 members (excludes halogenated alkanes) is 4. The molecule has 0 unspecified atom stereocenters. The Balaban J connectivity index is 1.77. The van der Waals surface area contributed by atoms with Crippen molar-refractivity contribution in [2.24, 2.45) is 0 Å². The summed E-state index contributed by atoms with van der Waals surface area (Å²) in [4.78, 5) is 33.7. The van der Waals surface area contributed by atoms with Gasteiger partial charge in [-0.3, -0.25) is 14.4 Å². The number of carboxylic acid groups (broad SMARTS) is 1. The van der Waals surface area contributed by atoms with Gasteiger partial charge in [-0.2, -0.15) is 10.2 Å². The molecule has 3 N–H and O–H groups in total. The summed E-state index contributed by atoms with van der Waals surface area (Å²) in [6, 6.07) is 2.88. The van der Waals surface area contributed by atoms with Gasteiger partial charge in [0, 0.05) is 19.0 Å². The van der Waals surface area contributed by atoms with Crippen molar-refractivity contribution in [1.29, 1.82) is 0 Å². The van der Waals surface area contributed by atoms with Crippen LogP contribution in [0.1, 0.15) is 54.6 Å². The Hall–Kier alpha value is -2.97. The molecule has 2 aromatic heterocycles. The minimum Gasteiger partial charge on any atom is -0.481 e. The summed E-state index contributed by atoms with van der Waals surface area (Å²) < 4.78 is 1.49. The third-order valence-corrected chi connectivity index (χ3v) is 3.99. The molecule has 2 heterocycles. The molecule has 0 saturated carbocycles. The molecule has 26 heavy (non-hydrogen) atoms. The fourth-order valence-electron chi connectivity index (χ4n) is 2.55. The molecule has 0 saturated heterocycles. The smallest absolute Gasteiger partial charge is 0.303 e. The Kier molecular flexibility index (Phi) is 7.07. The van der Waals surface area contributed by atoms with Crippen LogP contribution in [0.15, 0.2) is 23.1 Å². The van der Waals surface area contributed by atoms with Gasteiger partial charge in [-0.1, -0.05) is 19.3 Å². The normalized spacial score (nSPS) is 10.7. The molecule has 1 amide bonds. The number of aromatic nitrogens is 4. The van der Waals surface area contributed by atoms with E-state index in [2.05, 4.69) is 20.6 Å². The highest BCUT2D eigenvalue weighted by Crippen LogP contribution is 2.11. The molecule has 0 atom stereocenters. The number of hydrogen-bond donors (Lipinski definition) is 3. The minimum atomic E-state index is -0.759. The van der Waals surface area contributed by atoms with Gasteiger partial charge in [-0.25, -0.2) is 9.78 Å². The number of carbonyl (C=O) groups excluding carboxylic acids is 1. The highest BCUT2D eigenvalue weighted by atomic mass is 16.4. The third-order valence-electron chi connectivity index (χ3n) is 3.99. The van der Waals surface area contributed by atoms with Crippen molar-refractivity contribution < 1.29 is 14.7 Å². The summed E-state index contributed by atoms with van der Waals surface area (Å²) in [6.07, 6.45) is 6.01. The zero-order valence-corrected chi connectivity index (χ0v) is 14.7. The van der Waals surface area contributed by atoms with Crippen molar-refractivity contribution in [2.75, 3.05) is 6.54 Å². The molecule has 9 heteroatoms. The number of carboxylic acids is 1. The van der Waals surface area contributed by atoms with Crippen LogP contribution in [0.25, 0.3) is 5.82 Å². The van der Waals surface area contributed by atoms with Gasteiger partial charge in [0.05, 0.1) is 17.5 Å². The fraction of sp³-hybridized carbons (Fsp3) is 0.471. The van der Waals surface area contributed by atoms with E-state index in [0.717, 1.165) is 25.7 Å². The van der Waals surface area contributed by atoms with Gasteiger partial charge in [-0.05, 0) is 25.8 Å². The van der Waals surface area contributed by atoms with E-state index in [-0.39, 0.29) is 17.9 Å². The lowest BCUT2D eigenvalue weighted by Gasteiger charge is -2.06. The van der Waals surface area contributed by atoms with E-state index in [0.29, 0.717) is 30.0 Å². The Morgan fingerprint density at radius 2 is 1.92 bits per heavy atom. The molecular weight excluding hydrogens is 338 g/mol. The van der Waals surface area contributed by atoms with Crippen molar-refractivity contribution in [3.8, 4) is 5.82 Å². The van der Waals surface area contributed by atoms with Crippen LogP contribution in [0.2, 0.25) is 0 Å². The van der Waals surface area contributed by atoms with Crippen molar-refractivity contribution in [2.45, 2.75) is 45.4 Å². The molecule has 0 radical (unpaired) electrons. The molecular formula is C17H23N5O4. The van der Waals surface area contributed by atoms with Crippen LogP contribution in [0.4, 0.5) is 0 Å². The monoisotopic (exact) mass is 361 g/mol. The predicted molar refractivity (Wildman–Crippen MR) is 94.4 cm³/mol. The van der Waals surface area contributed by atoms with E-state index in [1.165, 1.54) is 23.0 Å². The lowest BCUT2D eigenvalue weighted by atomic mass is 10.1. The second-order valence-corrected chi connectivity index (χ2v) is 6.00. The summed E-state index contributed by atoms with van der Waals surface area (Å²) in [6.45, 7) is 2.32. The zero-order chi connectivity index (χ0) is 18.9. The number of H-pyrrole nitrogens is 1. The molecule has 9 nitrogen and oxygen atoms in total. The molecule has 0 bridgehead atoms. The van der Waals surface area contributed by atoms with Crippen molar-refractivity contribution in [3.63, 3.8) is 0 Å². The number of nitrogens with zero attached hydrogens (tertiary/aromatic N) is 3. The quantitative estimate of drug-likeness (QED) is 0.549. The van der Waals surface area contributed by atoms with E-state index in [9.17, 15) is 14.4 Å². The van der Waals surface area contributed by atoms with E-state index in [1.807, 2.05) is 0 Å². The maximum atomic E-state index is 12.3. The standard InChI is InChI=1S/C17H23N5O4/c1-12-13(11-19-22(12)14-8-9-15(23)21-20-14)17(26)18-10-6-4-2-3-5-7-16(24)25/h8-9,11H,2-7,10H2,1H3,(H,18,26)(H,21,23)(H,24,25). The SMILES string of the molecule is Cc1c(C(=O)NCCCCCCCC(=O)O)cnn1-c1ccc(=O)[nH]n1. The molecule has 2 rings (SSSR count). The largest absolute Gasteiger partial charge is 0.481 e. The minimum absolute atomic E-state index is 0.205. The average Bonchev–Trinajstić information content (AvgIpc) is 2.99. The van der Waals surface area contributed by atoms with Crippen LogP contribution in [-0.2, 0) is 4.79 Å². The number of aromatic amines is 1. The molecule has 2 aromatic rings. The number of aliphatic carboxylic acids is 1. The number of hydrogen-bond acceptors (Lipinski definition) is 5. The predicted octanol–water partition coefficient (Wildman–Crippen LogP) is 1.42. The summed E-state index contributed by atoms with van der Waals surface area (Å²) in [7, 11) is 0. The van der Waals surface area contributed by atoms with E-state index in [4.69, 9.17) is 5.11 Å². The lowest BCUT2D eigenvalue weighted by molar-refractivity contribution is -0.137. The molecule has 140 valence electrons. The fourth-order valence-corrected chi connectivity index (χ4v) is 2.55. The molecule has 0 aliphatic heterocycles. The topological polar surface area (TPSA) is 130 Å². The van der Waals surface area contributed by atoms with Crippen LogP contribution in [0, 0.1) is 6.92 Å². The number of rotatable bonds is 10. The van der Waals surface area contributed by atoms with Crippen LogP contribution >= 0.6 is 0 Å². The Labute approximate surface area is 150 Å². The molecule has 0 spiro atoms. The molecule has 0 fully saturated rings. The summed E-state index contributed by atoms with van der Waals surface area (Å²) in [5.74, 6) is -0.531. The molecule has 0 aliphatic rings. The van der Waals surface area contributed by atoms with Gasteiger partial charge >= 0.3 is 5.97 Å². The van der Waals surface area contributed by atoms with Crippen molar-refractivity contribution in [1.82, 2.24) is 25.3 Å². The van der Waals surface area contributed by atoms with Gasteiger partial charge < -0.3 is 10.4 Å². The summed E-state index contributed by atoms with van der Waals surface area (Å²) in [5, 5.41) is 21.8. The Morgan fingerprint density at radius 1 is 1.19 bits per heavy atom. The van der Waals surface area contributed by atoms with E-state index >= 15 is 0 Å². The first kappa shape index (κ1) is 19.4. The van der Waals surface area contributed by atoms with Crippen LogP contribution in [-0.4, -0.2) is 43.5 Å². The first-order valence-electron chi connectivity index (χ1n) is 8.60. The van der Waals surface area contributed by atoms with Gasteiger partial charge in [0.15, 0.2) is 5.82 Å². The highest BCUT2D eigenvalue weighted by Gasteiger charge is 2.15. The first-order valence-corrected chi connectivity index (χ1v) is 8.60. The second-order valence-electron chi connectivity index (χ2n) is 6.00. The zero-order valence-electron chi connectivity index (χ0n) is 14.7. The summed E-state index contributed by atoms with van der Waals surface area (Å²) in [5.41, 5.74) is 0.787. The van der Waals surface area contributed by atoms with Crippen LogP contribution < -0.4 is 10.9 Å². The number of carbonyl (C=O) groups is 2. The molecule has 0 aliphatic carbocycles. The van der Waals surface area contributed by atoms with Gasteiger partial charge in [0.1, 0.15) is 0 Å². The van der Waals surface area contributed by atoms with Crippen LogP contribution in [0.5, 0.6) is 0 Å². The van der Waals surface area contributed by atoms with Crippen molar-refractivity contribution >= 4 is 11.9 Å². The second kappa shape index (κ2) is 9.50. The molecule has 0 aromatic carbocycles.